The zero-order chi connectivity index (χ0) is 23.6. The summed E-state index contributed by atoms with van der Waals surface area (Å²) in [5, 5.41) is 3.18. The Bertz CT molecular complexity index is 637. The van der Waals surface area contributed by atoms with Crippen LogP contribution in [0.25, 0.3) is 0 Å². The fourth-order valence-electron chi connectivity index (χ4n) is 3.94. The van der Waals surface area contributed by atoms with Crippen LogP contribution in [0.5, 0.6) is 0 Å². The standard InChI is InChI=1S/C26H49N3O3/c1-5-7-9-11-13-15-18-29(19-16-14-12-10-8-6-2)24-23(25(30)26(24)31)27-17-21-32-22-20-28(3)4/h27H,5-22H2,1-4H3. The highest BCUT2D eigenvalue weighted by atomic mass is 16.5. The van der Waals surface area contributed by atoms with Crippen LogP contribution in [0.1, 0.15) is 90.9 Å². The van der Waals surface area contributed by atoms with Gasteiger partial charge in [-0.25, -0.2) is 0 Å². The van der Waals surface area contributed by atoms with Gasteiger partial charge >= 0.3 is 0 Å². The van der Waals surface area contributed by atoms with Gasteiger partial charge in [-0.3, -0.25) is 9.59 Å². The molecule has 0 fully saturated rings. The van der Waals surface area contributed by atoms with Gasteiger partial charge in [0.05, 0.1) is 13.2 Å². The number of unbranched alkanes of at least 4 members (excludes halogenated alkanes) is 10. The van der Waals surface area contributed by atoms with E-state index in [1.807, 2.05) is 14.1 Å². The summed E-state index contributed by atoms with van der Waals surface area (Å²) in [5.74, 6) is 0. The molecule has 0 spiro atoms. The minimum Gasteiger partial charge on any atom is -0.378 e. The Balaban J connectivity index is 2.58. The summed E-state index contributed by atoms with van der Waals surface area (Å²) in [4.78, 5) is 28.9. The fourth-order valence-corrected chi connectivity index (χ4v) is 3.94. The van der Waals surface area contributed by atoms with Crippen molar-refractivity contribution in [2.75, 3.05) is 63.7 Å². The largest absolute Gasteiger partial charge is 0.378 e. The lowest BCUT2D eigenvalue weighted by Gasteiger charge is -2.28. The van der Waals surface area contributed by atoms with E-state index in [0.717, 1.165) is 32.5 Å². The molecule has 0 bridgehead atoms. The van der Waals surface area contributed by atoms with Gasteiger partial charge in [-0.05, 0) is 26.9 Å². The van der Waals surface area contributed by atoms with E-state index in [1.165, 1.54) is 64.2 Å². The molecule has 0 aromatic heterocycles. The molecule has 0 saturated carbocycles. The van der Waals surface area contributed by atoms with Gasteiger partial charge in [-0.2, -0.15) is 0 Å². The van der Waals surface area contributed by atoms with Gasteiger partial charge in [0.15, 0.2) is 0 Å². The van der Waals surface area contributed by atoms with Crippen LogP contribution in [0.2, 0.25) is 0 Å². The van der Waals surface area contributed by atoms with E-state index >= 15 is 0 Å². The van der Waals surface area contributed by atoms with Crippen molar-refractivity contribution < 1.29 is 4.74 Å². The lowest BCUT2D eigenvalue weighted by Crippen LogP contribution is -2.43. The molecule has 0 unspecified atom stereocenters. The molecule has 1 aromatic rings. The van der Waals surface area contributed by atoms with Gasteiger partial charge in [-0.1, -0.05) is 78.1 Å². The minimum absolute atomic E-state index is 0.321. The molecule has 6 nitrogen and oxygen atoms in total. The average Bonchev–Trinajstić information content (AvgIpc) is 2.78. The summed E-state index contributed by atoms with van der Waals surface area (Å²) >= 11 is 0. The number of rotatable bonds is 22. The third kappa shape index (κ3) is 11.5. The van der Waals surface area contributed by atoms with Crippen LogP contribution >= 0.6 is 0 Å². The van der Waals surface area contributed by atoms with Crippen molar-refractivity contribution in [1.82, 2.24) is 4.90 Å². The first-order valence-corrected chi connectivity index (χ1v) is 13.1. The van der Waals surface area contributed by atoms with Crippen LogP contribution in [-0.4, -0.2) is 58.4 Å². The van der Waals surface area contributed by atoms with Crippen molar-refractivity contribution in [3.8, 4) is 0 Å². The second-order valence-corrected chi connectivity index (χ2v) is 9.25. The van der Waals surface area contributed by atoms with Gasteiger partial charge in [-0.15, -0.1) is 0 Å². The molecule has 0 aliphatic heterocycles. The molecule has 186 valence electrons. The molecule has 6 heteroatoms. The number of likely N-dealkylation sites (N-methyl/N-ethyl adjacent to an activating group) is 1. The summed E-state index contributed by atoms with van der Waals surface area (Å²) < 4.78 is 5.61. The van der Waals surface area contributed by atoms with Gasteiger partial charge in [0.25, 0.3) is 10.9 Å². The van der Waals surface area contributed by atoms with Gasteiger partial charge < -0.3 is 19.9 Å². The van der Waals surface area contributed by atoms with E-state index in [9.17, 15) is 9.59 Å². The molecule has 32 heavy (non-hydrogen) atoms. The smallest absolute Gasteiger partial charge is 0.253 e. The van der Waals surface area contributed by atoms with Crippen LogP contribution in [0.15, 0.2) is 9.59 Å². The van der Waals surface area contributed by atoms with E-state index < -0.39 is 0 Å². The van der Waals surface area contributed by atoms with Crippen LogP contribution < -0.4 is 21.1 Å². The third-order valence-corrected chi connectivity index (χ3v) is 6.00. The van der Waals surface area contributed by atoms with Crippen molar-refractivity contribution in [1.29, 1.82) is 0 Å². The number of anilines is 2. The van der Waals surface area contributed by atoms with Crippen molar-refractivity contribution in [2.24, 2.45) is 0 Å². The molecule has 0 heterocycles. The van der Waals surface area contributed by atoms with E-state index in [1.54, 1.807) is 0 Å². The number of ether oxygens (including phenoxy) is 1. The zero-order valence-corrected chi connectivity index (χ0v) is 21.3. The highest BCUT2D eigenvalue weighted by Gasteiger charge is 2.25. The third-order valence-electron chi connectivity index (χ3n) is 6.00. The number of nitrogens with zero attached hydrogens (tertiary/aromatic N) is 2. The Hall–Kier alpha value is -1.40. The molecule has 1 rings (SSSR count). The lowest BCUT2D eigenvalue weighted by molar-refractivity contribution is 0.126. The Morgan fingerprint density at radius 2 is 1.22 bits per heavy atom. The second-order valence-electron chi connectivity index (χ2n) is 9.25. The molecule has 0 atom stereocenters. The molecule has 0 saturated heterocycles. The molecule has 0 amide bonds. The van der Waals surface area contributed by atoms with E-state index in [-0.39, 0.29) is 10.9 Å². The number of hydrogen-bond acceptors (Lipinski definition) is 6. The minimum atomic E-state index is -0.371. The number of nitrogens with one attached hydrogen (secondary N) is 1. The summed E-state index contributed by atoms with van der Waals surface area (Å²) in [7, 11) is 4.03. The van der Waals surface area contributed by atoms with Crippen LogP contribution in [0, 0.1) is 0 Å². The summed E-state index contributed by atoms with van der Waals surface area (Å²) in [6.07, 6.45) is 14.7. The van der Waals surface area contributed by atoms with Crippen molar-refractivity contribution in [3.63, 3.8) is 0 Å². The number of hydrogen-bond donors (Lipinski definition) is 1. The maximum atomic E-state index is 12.4. The van der Waals surface area contributed by atoms with Gasteiger partial charge in [0.2, 0.25) is 0 Å². The monoisotopic (exact) mass is 451 g/mol. The maximum absolute atomic E-state index is 12.4. The normalized spacial score (nSPS) is 11.5. The topological polar surface area (TPSA) is 61.9 Å². The van der Waals surface area contributed by atoms with Crippen LogP contribution in [-0.2, 0) is 4.74 Å². The predicted octanol–water partition coefficient (Wildman–Crippen LogP) is 4.80. The molecule has 0 radical (unpaired) electrons. The Morgan fingerprint density at radius 3 is 1.75 bits per heavy atom. The van der Waals surface area contributed by atoms with Gasteiger partial charge in [0.1, 0.15) is 11.4 Å². The van der Waals surface area contributed by atoms with Crippen LogP contribution in [0.3, 0.4) is 0 Å². The lowest BCUT2D eigenvalue weighted by atomic mass is 10.1. The molecule has 0 aliphatic carbocycles. The first kappa shape index (κ1) is 28.6. The maximum Gasteiger partial charge on any atom is 0.253 e. The Labute approximate surface area is 196 Å². The molecule has 1 aromatic carbocycles. The van der Waals surface area contributed by atoms with Gasteiger partial charge in [0, 0.05) is 26.2 Å². The van der Waals surface area contributed by atoms with E-state index in [4.69, 9.17) is 4.74 Å². The summed E-state index contributed by atoms with van der Waals surface area (Å²) in [5.41, 5.74) is 0.427. The van der Waals surface area contributed by atoms with Crippen LogP contribution in [0.4, 0.5) is 11.4 Å². The molecule has 1 N–H and O–H groups in total. The first-order valence-electron chi connectivity index (χ1n) is 13.1. The Kier molecular flexibility index (Phi) is 16.2. The SMILES string of the molecule is CCCCCCCCN(CCCCCCCC)c1c(NCCOCCN(C)C)c(=O)c1=O. The molecular formula is C26H49N3O3. The first-order chi connectivity index (χ1) is 15.5. The highest BCUT2D eigenvalue weighted by molar-refractivity contribution is 5.75. The van der Waals surface area contributed by atoms with Crippen molar-refractivity contribution >= 4 is 11.4 Å². The average molecular weight is 452 g/mol. The summed E-state index contributed by atoms with van der Waals surface area (Å²) in [6, 6.07) is 0. The highest BCUT2D eigenvalue weighted by Crippen LogP contribution is 2.22. The van der Waals surface area contributed by atoms with Crippen molar-refractivity contribution in [3.05, 3.63) is 20.4 Å². The fraction of sp³-hybridized carbons (Fsp3) is 0.846. The predicted molar refractivity (Wildman–Crippen MR) is 138 cm³/mol. The molecule has 0 aliphatic rings. The van der Waals surface area contributed by atoms with E-state index in [2.05, 4.69) is 29.0 Å². The van der Waals surface area contributed by atoms with E-state index in [0.29, 0.717) is 31.1 Å². The second kappa shape index (κ2) is 18.1. The summed E-state index contributed by atoms with van der Waals surface area (Å²) in [6.45, 7) is 8.80. The molecular weight excluding hydrogens is 402 g/mol. The quantitative estimate of drug-likeness (QED) is 0.202. The zero-order valence-electron chi connectivity index (χ0n) is 21.3. The van der Waals surface area contributed by atoms with Crippen molar-refractivity contribution in [2.45, 2.75) is 90.9 Å². The Morgan fingerprint density at radius 1 is 0.688 bits per heavy atom.